The molecule has 109 heavy (non-hydrogen) atoms. The van der Waals surface area contributed by atoms with Crippen LogP contribution in [-0.2, 0) is 85.6 Å². The van der Waals surface area contributed by atoms with Gasteiger partial charge in [-0.25, -0.2) is 0 Å². The molecule has 0 aromatic carbocycles. The summed E-state index contributed by atoms with van der Waals surface area (Å²) < 4.78 is 66.9. The smallest absolute Gasteiger partial charge is 0.303 e. The van der Waals surface area contributed by atoms with Crippen molar-refractivity contribution in [3.05, 3.63) is 0 Å². The minimum absolute atomic E-state index is 0.0188. The van der Waals surface area contributed by atoms with Gasteiger partial charge in [0.15, 0.2) is 37.7 Å². The van der Waals surface area contributed by atoms with E-state index in [0.29, 0.717) is 57.8 Å². The highest BCUT2D eigenvalue weighted by molar-refractivity contribution is 5.84. The number of nitrogens with zero attached hydrogens (tertiary/aromatic N) is 1. The number of rotatable bonds is 46. The summed E-state index contributed by atoms with van der Waals surface area (Å²) in [6.07, 6.45) is -48.6. The van der Waals surface area contributed by atoms with E-state index in [4.69, 9.17) is 61.9 Å². The summed E-state index contributed by atoms with van der Waals surface area (Å²) in [6, 6.07) is 0. The zero-order chi connectivity index (χ0) is 80.2. The molecule has 0 aromatic rings. The van der Waals surface area contributed by atoms with Crippen LogP contribution in [0.1, 0.15) is 77.0 Å². The van der Waals surface area contributed by atoms with Gasteiger partial charge in [-0.1, -0.05) is 19.3 Å². The molecule has 5 amide bonds. The zero-order valence-corrected chi connectivity index (χ0v) is 59.8. The second-order valence-corrected chi connectivity index (χ2v) is 27.2. The molecule has 0 unspecified atom stereocenters. The normalized spacial score (nSPS) is 37.1. The molecule has 6 fully saturated rings. The molecule has 6 aliphatic heterocycles. The minimum Gasteiger partial charge on any atom is -0.481 e. The predicted molar refractivity (Wildman–Crippen MR) is 355 cm³/mol. The van der Waals surface area contributed by atoms with E-state index in [9.17, 15) is 131 Å². The van der Waals surface area contributed by atoms with Crippen LogP contribution in [0.4, 0.5) is 0 Å². The van der Waals surface area contributed by atoms with Crippen LogP contribution in [0, 0.1) is 0 Å². The number of aliphatic hydroxyl groups excluding tert-OH is 20. The van der Waals surface area contributed by atoms with Gasteiger partial charge in [0, 0.05) is 52.0 Å². The number of amides is 5. The Labute approximate surface area is 624 Å². The fourth-order valence-corrected chi connectivity index (χ4v) is 12.4. The Kier molecular flexibility index (Phi) is 40.6. The van der Waals surface area contributed by atoms with Gasteiger partial charge in [0.05, 0.1) is 72.5 Å². The van der Waals surface area contributed by atoms with Gasteiger partial charge < -0.3 is 191 Å². The number of unbranched alkanes of at least 4 members (excludes halogenated alkanes) is 6. The van der Waals surface area contributed by atoms with Gasteiger partial charge in [-0.3, -0.25) is 33.7 Å². The lowest BCUT2D eigenvalue weighted by molar-refractivity contribution is -0.366. The number of carbonyl (C=O) groups excluding carboxylic acids is 5. The van der Waals surface area contributed by atoms with Crippen LogP contribution in [0.25, 0.3) is 0 Å². The molecule has 0 aliphatic carbocycles. The summed E-state index contributed by atoms with van der Waals surface area (Å²) in [6.45, 7) is -6.23. The van der Waals surface area contributed by atoms with E-state index in [1.54, 1.807) is 0 Å². The van der Waals surface area contributed by atoms with E-state index in [1.165, 1.54) is 4.90 Å². The van der Waals surface area contributed by atoms with Crippen molar-refractivity contribution in [3.8, 4) is 0 Å². The number of hydrogen-bond donors (Lipinski definition) is 26. The van der Waals surface area contributed by atoms with Crippen LogP contribution in [0.3, 0.4) is 0 Å². The third-order valence-corrected chi connectivity index (χ3v) is 18.8. The molecular formula is C64H112N6O39. The molecular weight excluding hydrogens is 1480 g/mol. The summed E-state index contributed by atoms with van der Waals surface area (Å²) in [7, 11) is 0. The molecule has 0 spiro atoms. The Morgan fingerprint density at radius 1 is 0.284 bits per heavy atom. The van der Waals surface area contributed by atoms with E-state index in [1.807, 2.05) is 0 Å². The van der Waals surface area contributed by atoms with Gasteiger partial charge in [-0.2, -0.15) is 0 Å². The average Bonchev–Trinajstić information content (AvgIpc) is 0.789. The van der Waals surface area contributed by atoms with Gasteiger partial charge in [0.2, 0.25) is 29.5 Å². The molecule has 45 nitrogen and oxygen atoms in total. The number of aliphatic hydroxyl groups is 20. The number of nitrogens with one attached hydrogen (secondary N) is 5. The van der Waals surface area contributed by atoms with E-state index in [2.05, 4.69) is 26.6 Å². The maximum atomic E-state index is 13.2. The van der Waals surface area contributed by atoms with E-state index < -0.39 is 259 Å². The predicted octanol–water partition coefficient (Wildman–Crippen LogP) is -14.4. The first kappa shape index (κ1) is 93.4. The zero-order valence-electron chi connectivity index (χ0n) is 59.8. The number of carbonyl (C=O) groups is 6. The maximum absolute atomic E-state index is 13.2. The van der Waals surface area contributed by atoms with Crippen LogP contribution in [0.5, 0.6) is 0 Å². The lowest BCUT2D eigenvalue weighted by Crippen LogP contribution is -2.65. The van der Waals surface area contributed by atoms with Crippen molar-refractivity contribution < 1.29 is 193 Å². The monoisotopic (exact) mass is 1590 g/mol. The molecule has 632 valence electrons. The lowest BCUT2D eigenvalue weighted by atomic mass is 9.96. The molecule has 0 aromatic heterocycles. The second kappa shape index (κ2) is 47.4. The molecule has 26 N–H and O–H groups in total. The average molecular weight is 1590 g/mol. The van der Waals surface area contributed by atoms with Crippen molar-refractivity contribution in [2.75, 3.05) is 105 Å². The largest absolute Gasteiger partial charge is 0.481 e. The van der Waals surface area contributed by atoms with Crippen LogP contribution in [0.15, 0.2) is 0 Å². The molecule has 0 saturated carbocycles. The van der Waals surface area contributed by atoms with E-state index in [-0.39, 0.29) is 84.8 Å². The first-order valence-electron chi connectivity index (χ1n) is 36.3. The fourth-order valence-electron chi connectivity index (χ4n) is 12.4. The standard InChI is InChI=1S/C64H112N6O39/c71-23-29-41(82)47(88)51(92)59(102-29)100-27-33-45(86)57(108-63-53(94)49(90)43(84)31(25-73)104-63)55(96)61(106-33)98-18-16-68-35(75)10-4-1-7-13-65-37(77)20-70(22-39(79)67-15-9-3-6-12-40(80)81)21-38(78)66-14-8-2-5-11-36(76)69-17-19-99-62-56(97)58(109-64-54(95)50(91)44(85)32(26-74)105-64)46(87)34(107-62)28-101-60-52(93)48(89)42(83)30(24-72)103-60/h29-34,41-64,71-74,82-97H,1-28H2,(H,65,77)(H,66,78)(H,67,79)(H,68,75)(H,69,76)(H,80,81)/t29-,30-,31-,32-,33-,34-,41-,42-,43-,44-,45-,46-,47+,48+,49+,50+,51-,52-,53+,54+,55+,56+,57+,58+,59+,60+,61+,62+,63-,64-/m1/s1. The number of ether oxygens (including phenoxy) is 12. The topological polar surface area (TPSA) is 701 Å². The van der Waals surface area contributed by atoms with Gasteiger partial charge >= 0.3 is 5.97 Å². The van der Waals surface area contributed by atoms with Crippen molar-refractivity contribution in [1.82, 2.24) is 31.5 Å². The highest BCUT2D eigenvalue weighted by Gasteiger charge is 2.55. The van der Waals surface area contributed by atoms with Crippen molar-refractivity contribution in [2.45, 2.75) is 261 Å². The third kappa shape index (κ3) is 28.2. The molecule has 6 saturated heterocycles. The Balaban J connectivity index is 0.896. The van der Waals surface area contributed by atoms with Crippen LogP contribution in [0.2, 0.25) is 0 Å². The van der Waals surface area contributed by atoms with Gasteiger partial charge in [-0.05, 0) is 38.5 Å². The van der Waals surface area contributed by atoms with Crippen molar-refractivity contribution in [1.29, 1.82) is 0 Å². The molecule has 6 rings (SSSR count). The Hall–Kier alpha value is -4.50. The molecule has 30 atom stereocenters. The summed E-state index contributed by atoms with van der Waals surface area (Å²) in [5.74, 6) is -3.37. The quantitative estimate of drug-likeness (QED) is 0.0252. The maximum Gasteiger partial charge on any atom is 0.303 e. The minimum atomic E-state index is -1.97. The molecule has 6 aliphatic rings. The Morgan fingerprint density at radius 2 is 0.560 bits per heavy atom. The number of hydrogen-bond acceptors (Lipinski definition) is 39. The SMILES string of the molecule is O=C(O)CCCCCNC(=O)CN(CC(=O)NCCCCCC(=O)NCCO[C@H]1O[C@H](CO[C@H]2O[C@H](CO)[C@@H](O)[C@H](O)[C@H]2O)[C@@H](O)[C@H](O[C@H]2O[C@H](CO)[C@@H](O)[C@H](O)[C@@H]2O)[C@@H]1O)CC(=O)NCCCCCC(=O)NCCO[C@H]1O[C@H](CO[C@H]2O[C@H](CO)[C@@H](O)[C@H](O)[C@H]2O)[C@@H](O)[C@H](O[C@H]2O[C@H](CO)[C@@H](O)[C@H](O)[C@@H]2O)[C@@H]1O. The van der Waals surface area contributed by atoms with E-state index >= 15 is 0 Å². The van der Waals surface area contributed by atoms with Crippen LogP contribution < -0.4 is 26.6 Å². The molecule has 45 heteroatoms. The summed E-state index contributed by atoms with van der Waals surface area (Å²) in [4.78, 5) is 77.2. The Morgan fingerprint density at radius 3 is 0.872 bits per heavy atom. The van der Waals surface area contributed by atoms with Gasteiger partial charge in [0.25, 0.3) is 0 Å². The van der Waals surface area contributed by atoms with E-state index in [0.717, 1.165) is 0 Å². The summed E-state index contributed by atoms with van der Waals surface area (Å²) >= 11 is 0. The highest BCUT2D eigenvalue weighted by Crippen LogP contribution is 2.34. The fraction of sp³-hybridized carbons (Fsp3) is 0.906. The van der Waals surface area contributed by atoms with Crippen molar-refractivity contribution in [3.63, 3.8) is 0 Å². The first-order chi connectivity index (χ1) is 51.9. The van der Waals surface area contributed by atoms with Gasteiger partial charge in [-0.15, -0.1) is 0 Å². The molecule has 0 bridgehead atoms. The molecule has 0 radical (unpaired) electrons. The third-order valence-electron chi connectivity index (χ3n) is 18.8. The summed E-state index contributed by atoms with van der Waals surface area (Å²) in [5, 5.41) is 231. The van der Waals surface area contributed by atoms with Crippen LogP contribution in [-0.4, -0.2) is 437 Å². The Bertz CT molecular complexity index is 2540. The van der Waals surface area contributed by atoms with Gasteiger partial charge in [0.1, 0.15) is 146 Å². The second-order valence-electron chi connectivity index (χ2n) is 27.2. The van der Waals surface area contributed by atoms with Crippen molar-refractivity contribution >= 4 is 35.5 Å². The first-order valence-corrected chi connectivity index (χ1v) is 36.3. The number of carboxylic acids is 1. The van der Waals surface area contributed by atoms with Crippen molar-refractivity contribution in [2.24, 2.45) is 0 Å². The highest BCUT2D eigenvalue weighted by atomic mass is 16.8. The number of carboxylic acid groups (broad SMARTS) is 1. The number of aliphatic carboxylic acids is 1. The van der Waals surface area contributed by atoms with Crippen LogP contribution >= 0.6 is 0 Å². The summed E-state index contributed by atoms with van der Waals surface area (Å²) in [5.41, 5.74) is 0. The molecule has 6 heterocycles. The lowest BCUT2D eigenvalue weighted by Gasteiger charge is -2.46.